The second kappa shape index (κ2) is 7.56. The monoisotopic (exact) mass is 397 g/mol. The Bertz CT molecular complexity index is 1210. The van der Waals surface area contributed by atoms with Gasteiger partial charge in [-0.05, 0) is 59.7 Å². The van der Waals surface area contributed by atoms with Gasteiger partial charge in [-0.3, -0.25) is 0 Å². The topological polar surface area (TPSA) is 30.5 Å². The van der Waals surface area contributed by atoms with Crippen molar-refractivity contribution >= 4 is 11.4 Å². The molecule has 0 aromatic heterocycles. The lowest BCUT2D eigenvalue weighted by Gasteiger charge is -2.30. The van der Waals surface area contributed by atoms with Gasteiger partial charge in [0.25, 0.3) is 0 Å². The van der Waals surface area contributed by atoms with Gasteiger partial charge in [0, 0.05) is 16.9 Å². The zero-order valence-electron chi connectivity index (χ0n) is 16.4. The standard InChI is InChI=1S/C26H20FNO2/c1-29-23-11-6-12-24-25(23)21-14-13-20(28-19-9-3-2-4-10-19)16-22(21)26(30-24)17-7-5-8-18(27)15-17/h2-16,26,28H,1H3. The predicted molar refractivity (Wildman–Crippen MR) is 117 cm³/mol. The van der Waals surface area contributed by atoms with Crippen LogP contribution in [0.15, 0.2) is 91.0 Å². The Morgan fingerprint density at radius 3 is 2.47 bits per heavy atom. The second-order valence-corrected chi connectivity index (χ2v) is 7.18. The highest BCUT2D eigenvalue weighted by Crippen LogP contribution is 2.49. The lowest BCUT2D eigenvalue weighted by Crippen LogP contribution is -2.16. The molecule has 1 aliphatic rings. The van der Waals surface area contributed by atoms with Crippen LogP contribution in [0, 0.1) is 5.82 Å². The number of para-hydroxylation sites is 1. The molecule has 0 amide bonds. The van der Waals surface area contributed by atoms with Crippen LogP contribution in [0.25, 0.3) is 11.1 Å². The molecule has 1 N–H and O–H groups in total. The van der Waals surface area contributed by atoms with E-state index < -0.39 is 6.10 Å². The molecule has 0 radical (unpaired) electrons. The van der Waals surface area contributed by atoms with Gasteiger partial charge in [0.2, 0.25) is 0 Å². The Hall–Kier alpha value is -3.79. The summed E-state index contributed by atoms with van der Waals surface area (Å²) in [5.41, 5.74) is 5.58. The fourth-order valence-corrected chi connectivity index (χ4v) is 3.93. The third kappa shape index (κ3) is 3.26. The number of methoxy groups -OCH3 is 1. The van der Waals surface area contributed by atoms with Crippen molar-refractivity contribution in [3.05, 3.63) is 108 Å². The van der Waals surface area contributed by atoms with E-state index in [9.17, 15) is 4.39 Å². The summed E-state index contributed by atoms with van der Waals surface area (Å²) < 4.78 is 26.0. The second-order valence-electron chi connectivity index (χ2n) is 7.18. The fraction of sp³-hybridized carbons (Fsp3) is 0.0769. The summed E-state index contributed by atoms with van der Waals surface area (Å²) in [5.74, 6) is 1.18. The molecule has 4 heteroatoms. The molecule has 1 heterocycles. The summed E-state index contributed by atoms with van der Waals surface area (Å²) in [6.07, 6.45) is -0.423. The smallest absolute Gasteiger partial charge is 0.150 e. The maximum absolute atomic E-state index is 14.0. The summed E-state index contributed by atoms with van der Waals surface area (Å²) in [7, 11) is 1.65. The summed E-state index contributed by atoms with van der Waals surface area (Å²) >= 11 is 0. The number of hydrogen-bond acceptors (Lipinski definition) is 3. The van der Waals surface area contributed by atoms with Crippen molar-refractivity contribution in [2.24, 2.45) is 0 Å². The summed E-state index contributed by atoms with van der Waals surface area (Å²) in [6.45, 7) is 0. The number of benzene rings is 4. The molecule has 1 unspecified atom stereocenters. The molecular formula is C26H20FNO2. The first kappa shape index (κ1) is 18.3. The van der Waals surface area contributed by atoms with E-state index in [-0.39, 0.29) is 5.82 Å². The van der Waals surface area contributed by atoms with Crippen molar-refractivity contribution in [1.29, 1.82) is 0 Å². The van der Waals surface area contributed by atoms with E-state index >= 15 is 0 Å². The molecule has 0 saturated heterocycles. The van der Waals surface area contributed by atoms with Crippen molar-refractivity contribution in [2.45, 2.75) is 6.10 Å². The molecule has 1 atom stereocenters. The van der Waals surface area contributed by atoms with Gasteiger partial charge >= 0.3 is 0 Å². The van der Waals surface area contributed by atoms with Crippen molar-refractivity contribution in [3.8, 4) is 22.6 Å². The molecule has 30 heavy (non-hydrogen) atoms. The summed E-state index contributed by atoms with van der Waals surface area (Å²) in [4.78, 5) is 0. The maximum Gasteiger partial charge on any atom is 0.150 e. The van der Waals surface area contributed by atoms with Gasteiger partial charge < -0.3 is 14.8 Å². The Morgan fingerprint density at radius 1 is 0.833 bits per heavy atom. The molecule has 4 aromatic rings. The van der Waals surface area contributed by atoms with Gasteiger partial charge in [-0.15, -0.1) is 0 Å². The SMILES string of the molecule is COc1cccc2c1-c1ccc(Nc3ccccc3)cc1C(c1cccc(F)c1)O2. The first-order valence-electron chi connectivity index (χ1n) is 9.78. The lowest BCUT2D eigenvalue weighted by atomic mass is 9.88. The number of fused-ring (bicyclic) bond motifs is 3. The van der Waals surface area contributed by atoms with E-state index in [1.165, 1.54) is 12.1 Å². The van der Waals surface area contributed by atoms with Crippen LogP contribution in [0.1, 0.15) is 17.2 Å². The molecule has 0 fully saturated rings. The number of nitrogens with one attached hydrogen (secondary N) is 1. The van der Waals surface area contributed by atoms with Gasteiger partial charge in [0.1, 0.15) is 23.4 Å². The number of anilines is 2. The Balaban J connectivity index is 1.66. The van der Waals surface area contributed by atoms with E-state index in [2.05, 4.69) is 17.4 Å². The predicted octanol–water partition coefficient (Wildman–Crippen LogP) is 6.73. The van der Waals surface area contributed by atoms with Gasteiger partial charge in [-0.2, -0.15) is 0 Å². The molecule has 1 aliphatic heterocycles. The fourth-order valence-electron chi connectivity index (χ4n) is 3.93. The zero-order chi connectivity index (χ0) is 20.5. The number of rotatable bonds is 4. The Kier molecular flexibility index (Phi) is 4.60. The lowest BCUT2D eigenvalue weighted by molar-refractivity contribution is 0.241. The molecule has 3 nitrogen and oxygen atoms in total. The quantitative estimate of drug-likeness (QED) is 0.414. The molecule has 148 valence electrons. The average Bonchev–Trinajstić information content (AvgIpc) is 2.78. The van der Waals surface area contributed by atoms with E-state index in [0.717, 1.165) is 45.1 Å². The van der Waals surface area contributed by atoms with E-state index in [4.69, 9.17) is 9.47 Å². The Morgan fingerprint density at radius 2 is 1.67 bits per heavy atom. The highest BCUT2D eigenvalue weighted by molar-refractivity contribution is 5.83. The highest BCUT2D eigenvalue weighted by atomic mass is 19.1. The first-order chi connectivity index (χ1) is 14.7. The van der Waals surface area contributed by atoms with Gasteiger partial charge in [0.05, 0.1) is 12.7 Å². The third-order valence-electron chi connectivity index (χ3n) is 5.27. The maximum atomic E-state index is 14.0. The van der Waals surface area contributed by atoms with Crippen LogP contribution in [-0.2, 0) is 0 Å². The minimum atomic E-state index is -0.423. The normalized spacial score (nSPS) is 14.3. The summed E-state index contributed by atoms with van der Waals surface area (Å²) in [5, 5.41) is 3.43. The number of halogens is 1. The van der Waals surface area contributed by atoms with Gasteiger partial charge in [0.15, 0.2) is 0 Å². The van der Waals surface area contributed by atoms with E-state index in [1.54, 1.807) is 13.2 Å². The largest absolute Gasteiger partial charge is 0.496 e. The minimum absolute atomic E-state index is 0.285. The van der Waals surface area contributed by atoms with Crippen LogP contribution >= 0.6 is 0 Å². The van der Waals surface area contributed by atoms with Crippen molar-refractivity contribution in [1.82, 2.24) is 0 Å². The van der Waals surface area contributed by atoms with E-state index in [0.29, 0.717) is 0 Å². The van der Waals surface area contributed by atoms with Crippen molar-refractivity contribution < 1.29 is 13.9 Å². The number of hydrogen-bond donors (Lipinski definition) is 1. The average molecular weight is 397 g/mol. The van der Waals surface area contributed by atoms with E-state index in [1.807, 2.05) is 60.7 Å². The number of ether oxygens (including phenoxy) is 2. The van der Waals surface area contributed by atoms with Crippen LogP contribution in [0.4, 0.5) is 15.8 Å². The summed E-state index contributed by atoms with van der Waals surface area (Å²) in [6, 6.07) is 28.5. The molecule has 0 aliphatic carbocycles. The minimum Gasteiger partial charge on any atom is -0.496 e. The molecule has 0 spiro atoms. The van der Waals surface area contributed by atoms with Crippen LogP contribution in [0.2, 0.25) is 0 Å². The van der Waals surface area contributed by atoms with Crippen LogP contribution in [0.5, 0.6) is 11.5 Å². The molecule has 0 saturated carbocycles. The molecule has 5 rings (SSSR count). The first-order valence-corrected chi connectivity index (χ1v) is 9.78. The van der Waals surface area contributed by atoms with Gasteiger partial charge in [-0.1, -0.05) is 42.5 Å². The van der Waals surface area contributed by atoms with Crippen LogP contribution < -0.4 is 14.8 Å². The highest BCUT2D eigenvalue weighted by Gasteiger charge is 2.30. The third-order valence-corrected chi connectivity index (χ3v) is 5.27. The van der Waals surface area contributed by atoms with Gasteiger partial charge in [-0.25, -0.2) is 4.39 Å². The van der Waals surface area contributed by atoms with Crippen LogP contribution in [-0.4, -0.2) is 7.11 Å². The van der Waals surface area contributed by atoms with Crippen LogP contribution in [0.3, 0.4) is 0 Å². The van der Waals surface area contributed by atoms with Crippen molar-refractivity contribution in [3.63, 3.8) is 0 Å². The Labute approximate surface area is 174 Å². The van der Waals surface area contributed by atoms with Crippen molar-refractivity contribution in [2.75, 3.05) is 12.4 Å². The molecule has 4 aromatic carbocycles. The zero-order valence-corrected chi connectivity index (χ0v) is 16.4. The molecule has 0 bridgehead atoms. The molecular weight excluding hydrogens is 377 g/mol.